The van der Waals surface area contributed by atoms with Gasteiger partial charge in [-0.15, -0.1) is 0 Å². The van der Waals surface area contributed by atoms with Crippen LogP contribution in [0.3, 0.4) is 0 Å². The number of ether oxygens (including phenoxy) is 2. The average Bonchev–Trinajstić information content (AvgIpc) is 3.63. The van der Waals surface area contributed by atoms with Gasteiger partial charge in [0.15, 0.2) is 17.3 Å². The third kappa shape index (κ3) is 4.60. The lowest BCUT2D eigenvalue weighted by Gasteiger charge is -2.32. The molecule has 0 radical (unpaired) electrons. The molecule has 2 aromatic carbocycles. The van der Waals surface area contributed by atoms with Gasteiger partial charge in [-0.25, -0.2) is 9.07 Å². The van der Waals surface area contributed by atoms with E-state index in [1.165, 1.54) is 18.3 Å². The molecule has 4 heterocycles. The van der Waals surface area contributed by atoms with Gasteiger partial charge in [0.2, 0.25) is 5.91 Å². The van der Waals surface area contributed by atoms with Crippen molar-refractivity contribution in [2.45, 2.75) is 12.8 Å². The minimum Gasteiger partial charge on any atom is -0.486 e. The molecule has 1 saturated heterocycles. The van der Waals surface area contributed by atoms with Crippen LogP contribution in [0.4, 0.5) is 10.1 Å². The molecule has 1 unspecified atom stereocenters. The normalized spacial score (nSPS) is 16.8. The molecule has 1 N–H and O–H groups in total. The summed E-state index contributed by atoms with van der Waals surface area (Å²) in [6, 6.07) is 15.0. The number of aromatic nitrogens is 3. The molecule has 4 aromatic rings. The molecule has 2 aliphatic heterocycles. The van der Waals surface area contributed by atoms with Crippen LogP contribution in [0.25, 0.3) is 11.5 Å². The fourth-order valence-electron chi connectivity index (χ4n) is 4.90. The third-order valence-corrected chi connectivity index (χ3v) is 6.78. The van der Waals surface area contributed by atoms with Crippen molar-refractivity contribution < 1.29 is 23.5 Å². The summed E-state index contributed by atoms with van der Waals surface area (Å²) < 4.78 is 28.1. The number of piperidine rings is 1. The Kier molecular flexibility index (Phi) is 6.28. The van der Waals surface area contributed by atoms with Crippen LogP contribution in [0.5, 0.6) is 11.5 Å². The molecule has 2 aromatic heterocycles. The van der Waals surface area contributed by atoms with E-state index in [2.05, 4.69) is 10.4 Å². The first kappa shape index (κ1) is 23.8. The van der Waals surface area contributed by atoms with Crippen LogP contribution in [0.2, 0.25) is 0 Å². The Morgan fingerprint density at radius 3 is 2.55 bits per heavy atom. The molecular weight excluding hydrogens is 489 g/mol. The van der Waals surface area contributed by atoms with Crippen molar-refractivity contribution in [2.24, 2.45) is 5.92 Å². The number of halogens is 1. The van der Waals surface area contributed by atoms with Crippen LogP contribution in [-0.2, 0) is 4.79 Å². The summed E-state index contributed by atoms with van der Waals surface area (Å²) >= 11 is 0. The molecular formula is C28H26FN5O4. The molecule has 0 bridgehead atoms. The van der Waals surface area contributed by atoms with Crippen LogP contribution in [0.15, 0.2) is 73.2 Å². The summed E-state index contributed by atoms with van der Waals surface area (Å²) in [6.45, 7) is 1.80. The van der Waals surface area contributed by atoms with E-state index in [1.54, 1.807) is 44.5 Å². The lowest BCUT2D eigenvalue weighted by Crippen LogP contribution is -2.44. The van der Waals surface area contributed by atoms with Crippen LogP contribution in [-0.4, -0.2) is 57.4 Å². The number of nitrogens with zero attached hydrogens (tertiary/aromatic N) is 4. The van der Waals surface area contributed by atoms with Gasteiger partial charge in [-0.05, 0) is 61.4 Å². The van der Waals surface area contributed by atoms with E-state index < -0.39 is 0 Å². The Labute approximate surface area is 218 Å². The Bertz CT molecular complexity index is 1470. The van der Waals surface area contributed by atoms with Crippen molar-refractivity contribution in [1.82, 2.24) is 19.2 Å². The fraction of sp³-hybridized carbons (Fsp3) is 0.250. The molecule has 0 spiro atoms. The van der Waals surface area contributed by atoms with Gasteiger partial charge in [-0.2, -0.15) is 5.10 Å². The van der Waals surface area contributed by atoms with E-state index >= 15 is 0 Å². The lowest BCUT2D eigenvalue weighted by atomic mass is 9.96. The third-order valence-electron chi connectivity index (χ3n) is 6.78. The topological polar surface area (TPSA) is 90.6 Å². The van der Waals surface area contributed by atoms with Crippen LogP contribution < -0.4 is 14.8 Å². The molecule has 38 heavy (non-hydrogen) atoms. The number of rotatable bonds is 5. The van der Waals surface area contributed by atoms with Crippen molar-refractivity contribution in [1.29, 1.82) is 0 Å². The second kappa shape index (κ2) is 10.0. The Morgan fingerprint density at radius 2 is 1.76 bits per heavy atom. The number of hydrogen-bond donors (Lipinski definition) is 1. The van der Waals surface area contributed by atoms with Gasteiger partial charge in [0.1, 0.15) is 24.6 Å². The highest BCUT2D eigenvalue weighted by Gasteiger charge is 2.32. The van der Waals surface area contributed by atoms with Gasteiger partial charge < -0.3 is 24.3 Å². The maximum Gasteiger partial charge on any atom is 0.259 e. The first-order valence-corrected chi connectivity index (χ1v) is 12.5. The fourth-order valence-corrected chi connectivity index (χ4v) is 4.90. The standard InChI is InChI=1S/C28H26FN5O4/c29-20-5-8-22(9-6-20)34-27(32-11-1-2-12-32)23(17-30-34)28(36)33-13-3-4-19(18-33)26(35)31-21-7-10-24-25(16-21)38-15-14-37-24/h1-2,5-12,16-17,19H,3-4,13-15,18H2,(H,31,35). The summed E-state index contributed by atoms with van der Waals surface area (Å²) in [5.41, 5.74) is 1.65. The molecule has 6 rings (SSSR count). The van der Waals surface area contributed by atoms with Crippen molar-refractivity contribution >= 4 is 17.5 Å². The Morgan fingerprint density at radius 1 is 1.00 bits per heavy atom. The zero-order valence-corrected chi connectivity index (χ0v) is 20.5. The minimum absolute atomic E-state index is 0.146. The zero-order chi connectivity index (χ0) is 26.1. The lowest BCUT2D eigenvalue weighted by molar-refractivity contribution is -0.121. The largest absolute Gasteiger partial charge is 0.486 e. The number of carbonyl (C=O) groups is 2. The number of hydrogen-bond acceptors (Lipinski definition) is 5. The minimum atomic E-state index is -0.358. The van der Waals surface area contributed by atoms with Crippen LogP contribution in [0.1, 0.15) is 23.2 Å². The van der Waals surface area contributed by atoms with Gasteiger partial charge in [0, 0.05) is 37.2 Å². The van der Waals surface area contributed by atoms with Gasteiger partial charge in [-0.1, -0.05) is 0 Å². The number of likely N-dealkylation sites (tertiary alicyclic amines) is 1. The SMILES string of the molecule is O=C(Nc1ccc2c(c1)OCCO2)C1CCCN(C(=O)c2cnn(-c3ccc(F)cc3)c2-n2cccc2)C1. The second-order valence-corrected chi connectivity index (χ2v) is 9.30. The van der Waals surface area contributed by atoms with Crippen molar-refractivity contribution in [3.8, 4) is 23.0 Å². The summed E-state index contributed by atoms with van der Waals surface area (Å²) in [6.07, 6.45) is 6.57. The van der Waals surface area contributed by atoms with E-state index in [1.807, 2.05) is 24.5 Å². The van der Waals surface area contributed by atoms with Gasteiger partial charge in [-0.3, -0.25) is 9.59 Å². The summed E-state index contributed by atoms with van der Waals surface area (Å²) in [4.78, 5) is 28.6. The summed E-state index contributed by atoms with van der Waals surface area (Å²) in [5, 5.41) is 7.42. The van der Waals surface area contributed by atoms with Gasteiger partial charge in [0.25, 0.3) is 5.91 Å². The van der Waals surface area contributed by atoms with Crippen molar-refractivity contribution in [3.63, 3.8) is 0 Å². The zero-order valence-electron chi connectivity index (χ0n) is 20.5. The number of benzene rings is 2. The van der Waals surface area contributed by atoms with Gasteiger partial charge in [0.05, 0.1) is 17.8 Å². The van der Waals surface area contributed by atoms with Crippen molar-refractivity contribution in [3.05, 3.63) is 84.6 Å². The first-order valence-electron chi connectivity index (χ1n) is 12.5. The Hall–Kier alpha value is -4.60. The average molecular weight is 516 g/mol. The smallest absolute Gasteiger partial charge is 0.259 e. The molecule has 2 aliphatic rings. The maximum absolute atomic E-state index is 13.7. The highest BCUT2D eigenvalue weighted by Crippen LogP contribution is 2.33. The molecule has 9 nitrogen and oxygen atoms in total. The van der Waals surface area contributed by atoms with Gasteiger partial charge >= 0.3 is 0 Å². The van der Waals surface area contributed by atoms with Crippen molar-refractivity contribution in [2.75, 3.05) is 31.6 Å². The maximum atomic E-state index is 13.7. The predicted octanol–water partition coefficient (Wildman–Crippen LogP) is 4.06. The molecule has 1 atom stereocenters. The Balaban J connectivity index is 1.22. The van der Waals surface area contributed by atoms with Crippen LogP contribution >= 0.6 is 0 Å². The van der Waals surface area contributed by atoms with E-state index in [9.17, 15) is 14.0 Å². The number of fused-ring (bicyclic) bond motifs is 1. The molecule has 0 saturated carbocycles. The van der Waals surface area contributed by atoms with E-state index in [4.69, 9.17) is 9.47 Å². The molecule has 1 fully saturated rings. The quantitative estimate of drug-likeness (QED) is 0.433. The highest BCUT2D eigenvalue weighted by atomic mass is 19.1. The number of amides is 2. The monoisotopic (exact) mass is 515 g/mol. The summed E-state index contributed by atoms with van der Waals surface area (Å²) in [5.74, 6) is 0.741. The second-order valence-electron chi connectivity index (χ2n) is 9.30. The summed E-state index contributed by atoms with van der Waals surface area (Å²) in [7, 11) is 0. The van der Waals surface area contributed by atoms with E-state index in [0.29, 0.717) is 73.4 Å². The molecule has 2 amide bonds. The number of carbonyl (C=O) groups excluding carboxylic acids is 2. The van der Waals surface area contributed by atoms with E-state index in [0.717, 1.165) is 0 Å². The molecule has 194 valence electrons. The highest BCUT2D eigenvalue weighted by molar-refractivity contribution is 5.98. The van der Waals surface area contributed by atoms with E-state index in [-0.39, 0.29) is 23.5 Å². The molecule has 0 aliphatic carbocycles. The number of nitrogens with one attached hydrogen (secondary N) is 1. The first-order chi connectivity index (χ1) is 18.6. The molecule has 10 heteroatoms. The van der Waals surface area contributed by atoms with Crippen LogP contribution in [0, 0.1) is 11.7 Å². The number of anilines is 1. The predicted molar refractivity (Wildman–Crippen MR) is 138 cm³/mol.